The van der Waals surface area contributed by atoms with Crippen LogP contribution >= 0.6 is 0 Å². The number of ketones is 1. The van der Waals surface area contributed by atoms with Crippen LogP contribution in [0.5, 0.6) is 0 Å². The Morgan fingerprint density at radius 2 is 1.48 bits per heavy atom. The monoisotopic (exact) mass is 444 g/mol. The van der Waals surface area contributed by atoms with E-state index in [4.69, 9.17) is 4.74 Å². The first kappa shape index (κ1) is 23.2. The zero-order chi connectivity index (χ0) is 23.8. The summed E-state index contributed by atoms with van der Waals surface area (Å²) in [4.78, 5) is 25.6. The molecule has 0 heterocycles. The summed E-state index contributed by atoms with van der Waals surface area (Å²) in [5.74, 6) is -0.0120. The molecule has 0 N–H and O–H groups in total. The molecule has 0 aromatic heterocycles. The molecule has 0 spiro atoms. The fourth-order valence-corrected chi connectivity index (χ4v) is 4.53. The first-order valence-electron chi connectivity index (χ1n) is 11.8. The minimum Gasteiger partial charge on any atom is -0.465 e. The number of carbonyl (C=O) groups is 2. The summed E-state index contributed by atoms with van der Waals surface area (Å²) in [6.07, 6.45) is 1.48. The van der Waals surface area contributed by atoms with Crippen molar-refractivity contribution in [3.05, 3.63) is 60.2 Å². The molecule has 172 valence electrons. The Morgan fingerprint density at radius 3 is 2.15 bits per heavy atom. The number of benzene rings is 4. The fraction of sp³-hybridized carbons (Fsp3) is 0.379. The van der Waals surface area contributed by atoms with Crippen molar-refractivity contribution in [3.8, 4) is 0 Å². The molecule has 0 fully saturated rings. The Morgan fingerprint density at radius 1 is 0.879 bits per heavy atom. The van der Waals surface area contributed by atoms with E-state index in [0.717, 1.165) is 35.7 Å². The van der Waals surface area contributed by atoms with Crippen molar-refractivity contribution in [2.45, 2.75) is 33.6 Å². The van der Waals surface area contributed by atoms with Crippen molar-refractivity contribution < 1.29 is 18.8 Å². The molecule has 0 saturated carbocycles. The molecular formula is C29H34NO3+. The summed E-state index contributed by atoms with van der Waals surface area (Å²) in [5.41, 5.74) is 0.332. The van der Waals surface area contributed by atoms with Gasteiger partial charge in [0, 0.05) is 12.0 Å². The Hall–Kier alpha value is -2.98. The highest BCUT2D eigenvalue weighted by molar-refractivity contribution is 6.26. The number of carbonyl (C=O) groups excluding carboxylic acids is 2. The predicted molar refractivity (Wildman–Crippen MR) is 136 cm³/mol. The summed E-state index contributed by atoms with van der Waals surface area (Å²) in [7, 11) is 4.12. The number of hydrogen-bond acceptors (Lipinski definition) is 3. The maximum atomic E-state index is 13.4. The van der Waals surface area contributed by atoms with Gasteiger partial charge in [-0.25, -0.2) is 0 Å². The molecule has 4 aromatic rings. The molecule has 33 heavy (non-hydrogen) atoms. The third kappa shape index (κ3) is 4.58. The first-order chi connectivity index (χ1) is 15.6. The van der Waals surface area contributed by atoms with E-state index in [0.29, 0.717) is 17.6 Å². The molecule has 0 unspecified atom stereocenters. The highest BCUT2D eigenvalue weighted by Gasteiger charge is 2.28. The van der Waals surface area contributed by atoms with Crippen molar-refractivity contribution in [2.24, 2.45) is 5.41 Å². The fourth-order valence-electron chi connectivity index (χ4n) is 4.53. The second-order valence-corrected chi connectivity index (χ2v) is 10.4. The van der Waals surface area contributed by atoms with Crippen LogP contribution in [-0.2, 0) is 9.53 Å². The number of nitrogens with zero attached hydrogens (tertiary/aromatic N) is 1. The largest absolute Gasteiger partial charge is 0.465 e. The van der Waals surface area contributed by atoms with Gasteiger partial charge in [0.05, 0.1) is 32.7 Å². The summed E-state index contributed by atoms with van der Waals surface area (Å²) in [5, 5.41) is 6.99. The lowest BCUT2D eigenvalue weighted by Crippen LogP contribution is -2.45. The summed E-state index contributed by atoms with van der Waals surface area (Å²) in [6, 6.07) is 18.9. The molecule has 0 radical (unpaired) electrons. The van der Waals surface area contributed by atoms with Crippen LogP contribution in [-0.4, -0.2) is 50.0 Å². The van der Waals surface area contributed by atoms with Gasteiger partial charge in [0.15, 0.2) is 0 Å². The lowest BCUT2D eigenvalue weighted by molar-refractivity contribution is -0.882. The highest BCUT2D eigenvalue weighted by atomic mass is 16.5. The van der Waals surface area contributed by atoms with Crippen LogP contribution in [0, 0.1) is 5.41 Å². The SMILES string of the molecule is CCC(C)(C)C(=O)OCCC[N+](C)(C)CC(=O)c1ccc2ccc3cccc4ccc1c2c34. The van der Waals surface area contributed by atoms with Crippen LogP contribution in [0.4, 0.5) is 0 Å². The van der Waals surface area contributed by atoms with Gasteiger partial charge in [-0.15, -0.1) is 0 Å². The van der Waals surface area contributed by atoms with E-state index in [1.807, 2.05) is 26.8 Å². The second kappa shape index (κ2) is 8.75. The van der Waals surface area contributed by atoms with Gasteiger partial charge in [0.25, 0.3) is 0 Å². The van der Waals surface area contributed by atoms with Crippen molar-refractivity contribution >= 4 is 44.1 Å². The minimum atomic E-state index is -0.449. The van der Waals surface area contributed by atoms with Crippen LogP contribution in [0.25, 0.3) is 32.3 Å². The van der Waals surface area contributed by atoms with Gasteiger partial charge in [-0.2, -0.15) is 0 Å². The molecular weight excluding hydrogens is 410 g/mol. The number of rotatable bonds is 9. The topological polar surface area (TPSA) is 43.4 Å². The van der Waals surface area contributed by atoms with Gasteiger partial charge in [0.2, 0.25) is 5.78 Å². The number of Topliss-reactive ketones (excluding diaryl/α,β-unsaturated/α-hetero) is 1. The third-order valence-electron chi connectivity index (χ3n) is 6.98. The Kier molecular flexibility index (Phi) is 6.15. The summed E-state index contributed by atoms with van der Waals surface area (Å²) < 4.78 is 6.02. The molecule has 4 heteroatoms. The minimum absolute atomic E-state index is 0.141. The molecule has 0 aliphatic rings. The van der Waals surface area contributed by atoms with Gasteiger partial charge >= 0.3 is 5.97 Å². The number of quaternary nitrogens is 1. The van der Waals surface area contributed by atoms with Crippen LogP contribution in [0.1, 0.15) is 44.0 Å². The van der Waals surface area contributed by atoms with Crippen molar-refractivity contribution in [1.29, 1.82) is 0 Å². The lowest BCUT2D eigenvalue weighted by Gasteiger charge is -2.29. The molecule has 0 saturated heterocycles. The standard InChI is InChI=1S/C29H34NO3/c1-6-29(2,3)28(32)33-18-8-17-30(4,5)19-25(31)23-15-13-22-12-11-20-9-7-10-21-14-16-24(23)27(22)26(20)21/h7,9-16H,6,8,17-19H2,1-5H3/q+1. The second-order valence-electron chi connectivity index (χ2n) is 10.4. The maximum absolute atomic E-state index is 13.4. The van der Waals surface area contributed by atoms with Gasteiger partial charge in [-0.05, 0) is 58.7 Å². The molecule has 4 rings (SSSR count). The van der Waals surface area contributed by atoms with Crippen LogP contribution in [0.3, 0.4) is 0 Å². The van der Waals surface area contributed by atoms with Crippen molar-refractivity contribution in [3.63, 3.8) is 0 Å². The molecule has 4 aromatic carbocycles. The average molecular weight is 445 g/mol. The number of ether oxygens (including phenoxy) is 1. The molecule has 0 amide bonds. The number of esters is 1. The Bertz CT molecular complexity index is 1300. The number of hydrogen-bond donors (Lipinski definition) is 0. The van der Waals surface area contributed by atoms with E-state index in [1.54, 1.807) is 0 Å². The van der Waals surface area contributed by atoms with Gasteiger partial charge in [0.1, 0.15) is 6.54 Å². The normalized spacial score (nSPS) is 12.6. The van der Waals surface area contributed by atoms with Crippen LogP contribution < -0.4 is 0 Å². The zero-order valence-corrected chi connectivity index (χ0v) is 20.4. The smallest absolute Gasteiger partial charge is 0.311 e. The van der Waals surface area contributed by atoms with E-state index < -0.39 is 5.41 Å². The van der Waals surface area contributed by atoms with Gasteiger partial charge < -0.3 is 9.22 Å². The lowest BCUT2D eigenvalue weighted by atomic mass is 9.91. The third-order valence-corrected chi connectivity index (χ3v) is 6.98. The van der Waals surface area contributed by atoms with Crippen LogP contribution in [0.15, 0.2) is 54.6 Å². The zero-order valence-electron chi connectivity index (χ0n) is 20.4. The first-order valence-corrected chi connectivity index (χ1v) is 11.8. The van der Waals surface area contributed by atoms with E-state index in [-0.39, 0.29) is 11.8 Å². The molecule has 0 bridgehead atoms. The highest BCUT2D eigenvalue weighted by Crippen LogP contribution is 2.36. The van der Waals surface area contributed by atoms with Crippen molar-refractivity contribution in [2.75, 3.05) is 33.8 Å². The molecule has 0 aliphatic carbocycles. The Labute approximate surface area is 196 Å². The number of likely N-dealkylation sites (N-methyl/N-ethyl adjacent to an activating group) is 1. The van der Waals surface area contributed by atoms with E-state index in [1.165, 1.54) is 21.5 Å². The summed E-state index contributed by atoms with van der Waals surface area (Å²) in [6.45, 7) is 7.35. The van der Waals surface area contributed by atoms with Crippen LogP contribution in [0.2, 0.25) is 0 Å². The average Bonchev–Trinajstić information content (AvgIpc) is 2.79. The van der Waals surface area contributed by atoms with E-state index in [9.17, 15) is 9.59 Å². The van der Waals surface area contributed by atoms with Gasteiger partial charge in [-0.1, -0.05) is 55.5 Å². The maximum Gasteiger partial charge on any atom is 0.311 e. The summed E-state index contributed by atoms with van der Waals surface area (Å²) >= 11 is 0. The Balaban J connectivity index is 1.50. The molecule has 0 aliphatic heterocycles. The quantitative estimate of drug-likeness (QED) is 0.101. The predicted octanol–water partition coefficient (Wildman–Crippen LogP) is 6.21. The van der Waals surface area contributed by atoms with Crippen molar-refractivity contribution in [1.82, 2.24) is 0 Å². The molecule has 0 atom stereocenters. The van der Waals surface area contributed by atoms with E-state index >= 15 is 0 Å². The van der Waals surface area contributed by atoms with E-state index in [2.05, 4.69) is 62.6 Å². The molecule has 4 nitrogen and oxygen atoms in total. The van der Waals surface area contributed by atoms with Gasteiger partial charge in [-0.3, -0.25) is 9.59 Å².